The first-order chi connectivity index (χ1) is 20.4. The van der Waals surface area contributed by atoms with Crippen LogP contribution < -0.4 is 14.8 Å². The summed E-state index contributed by atoms with van der Waals surface area (Å²) in [5.74, 6) is -0.449. The largest absolute Gasteiger partial charge is 0.478 e. The van der Waals surface area contributed by atoms with Crippen molar-refractivity contribution in [2.45, 2.75) is 51.2 Å². The third kappa shape index (κ3) is 9.20. The first kappa shape index (κ1) is 31.8. The Morgan fingerprint density at radius 1 is 0.977 bits per heavy atom. The minimum atomic E-state index is -1.01. The molecule has 3 aromatic carbocycles. The third-order valence-corrected chi connectivity index (χ3v) is 7.42. The number of hydrogen-bond acceptors (Lipinski definition) is 8. The Balaban J connectivity index is 1.68. The number of nitrogens with one attached hydrogen (secondary N) is 2. The van der Waals surface area contributed by atoms with Gasteiger partial charge in [-0.25, -0.2) is 14.6 Å². The average Bonchev–Trinajstić information content (AvgIpc) is 2.94. The smallest absolute Gasteiger partial charge is 0.407 e. The normalized spacial score (nSPS) is 11.9. The zero-order chi connectivity index (χ0) is 31.1. The molecule has 4 aromatic rings. The lowest BCUT2D eigenvalue weighted by Crippen LogP contribution is -2.36. The Bertz CT molecular complexity index is 1590. The molecule has 0 radical (unpaired) electrons. The van der Waals surface area contributed by atoms with Crippen LogP contribution >= 0.6 is 27.9 Å². The number of hydrogen-bond donors (Lipinski definition) is 3. The standard InChI is InChI=1S/C32H33BrN4O5S/c1-19-8-6-9-20(2)28(19)25-17-27(36-30(35-25)37-43-24-11-7-10-22(16-24)29(38)39)41-26(21-12-14-23(33)15-13-21)18-34-31(40)42-32(3,4)5/h6-17,26H,18H2,1-5H3,(H,34,40)(H,38,39)(H,35,36,37). The molecule has 0 aliphatic carbocycles. The van der Waals surface area contributed by atoms with E-state index in [4.69, 9.17) is 14.5 Å². The van der Waals surface area contributed by atoms with Gasteiger partial charge in [0, 0.05) is 21.0 Å². The number of carbonyl (C=O) groups is 2. The molecular weight excluding hydrogens is 632 g/mol. The summed E-state index contributed by atoms with van der Waals surface area (Å²) in [6, 6.07) is 22.0. The summed E-state index contributed by atoms with van der Waals surface area (Å²) in [5.41, 5.74) is 4.02. The Hall–Kier alpha value is -4.09. The highest BCUT2D eigenvalue weighted by molar-refractivity contribution is 9.10. The highest BCUT2D eigenvalue weighted by atomic mass is 79.9. The van der Waals surface area contributed by atoms with Gasteiger partial charge in [-0.2, -0.15) is 4.98 Å². The predicted molar refractivity (Wildman–Crippen MR) is 172 cm³/mol. The molecule has 1 amide bonds. The molecule has 11 heteroatoms. The quantitative estimate of drug-likeness (QED) is 0.145. The van der Waals surface area contributed by atoms with Gasteiger partial charge in [-0.05, 0) is 93.6 Å². The van der Waals surface area contributed by atoms with Crippen molar-refractivity contribution < 1.29 is 24.2 Å². The summed E-state index contributed by atoms with van der Waals surface area (Å²) >= 11 is 4.66. The molecule has 0 fully saturated rings. The lowest BCUT2D eigenvalue weighted by Gasteiger charge is -2.23. The van der Waals surface area contributed by atoms with E-state index < -0.39 is 23.8 Å². The first-order valence-corrected chi connectivity index (χ1v) is 15.1. The topological polar surface area (TPSA) is 123 Å². The van der Waals surface area contributed by atoms with Gasteiger partial charge in [0.1, 0.15) is 11.7 Å². The monoisotopic (exact) mass is 664 g/mol. The van der Waals surface area contributed by atoms with Crippen LogP contribution in [0.15, 0.2) is 82.2 Å². The number of carbonyl (C=O) groups excluding carboxylic acids is 1. The molecule has 9 nitrogen and oxygen atoms in total. The van der Waals surface area contributed by atoms with Gasteiger partial charge in [0.2, 0.25) is 11.8 Å². The number of aryl methyl sites for hydroxylation is 2. The number of alkyl carbamates (subject to hydrolysis) is 1. The van der Waals surface area contributed by atoms with Crippen LogP contribution in [0.5, 0.6) is 5.88 Å². The van der Waals surface area contributed by atoms with Crippen LogP contribution in [0.1, 0.15) is 53.9 Å². The lowest BCUT2D eigenvalue weighted by molar-refractivity contribution is 0.0498. The maximum Gasteiger partial charge on any atom is 0.407 e. The Morgan fingerprint density at radius 3 is 2.30 bits per heavy atom. The molecule has 43 heavy (non-hydrogen) atoms. The van der Waals surface area contributed by atoms with Crippen LogP contribution in [0.25, 0.3) is 11.3 Å². The minimum Gasteiger partial charge on any atom is -0.478 e. The number of ether oxygens (including phenoxy) is 2. The maximum atomic E-state index is 12.5. The van der Waals surface area contributed by atoms with E-state index in [1.54, 1.807) is 45.0 Å². The van der Waals surface area contributed by atoms with Gasteiger partial charge in [-0.15, -0.1) is 0 Å². The number of halogens is 1. The van der Waals surface area contributed by atoms with Gasteiger partial charge < -0.3 is 19.9 Å². The molecule has 0 bridgehead atoms. The van der Waals surface area contributed by atoms with Gasteiger partial charge in [-0.3, -0.25) is 4.72 Å². The number of aromatic carboxylic acids is 1. The predicted octanol–water partition coefficient (Wildman–Crippen LogP) is 7.99. The van der Waals surface area contributed by atoms with Crippen molar-refractivity contribution in [1.29, 1.82) is 0 Å². The Kier molecular flexibility index (Phi) is 10.3. The highest BCUT2D eigenvalue weighted by Gasteiger charge is 2.21. The summed E-state index contributed by atoms with van der Waals surface area (Å²) < 4.78 is 15.9. The van der Waals surface area contributed by atoms with E-state index in [9.17, 15) is 14.7 Å². The minimum absolute atomic E-state index is 0.124. The van der Waals surface area contributed by atoms with Crippen LogP contribution in [0.3, 0.4) is 0 Å². The molecule has 1 heterocycles. The van der Waals surface area contributed by atoms with E-state index in [0.29, 0.717) is 10.6 Å². The van der Waals surface area contributed by atoms with Crippen LogP contribution in [-0.2, 0) is 4.74 Å². The van der Waals surface area contributed by atoms with Crippen LogP contribution in [0.2, 0.25) is 0 Å². The van der Waals surface area contributed by atoms with Crippen molar-refractivity contribution in [2.75, 3.05) is 11.3 Å². The number of amides is 1. The fourth-order valence-corrected chi connectivity index (χ4v) is 5.11. The highest BCUT2D eigenvalue weighted by Crippen LogP contribution is 2.32. The number of rotatable bonds is 10. The van der Waals surface area contributed by atoms with Gasteiger partial charge in [0.15, 0.2) is 0 Å². The van der Waals surface area contributed by atoms with Crippen molar-refractivity contribution >= 4 is 45.9 Å². The molecule has 3 N–H and O–H groups in total. The zero-order valence-electron chi connectivity index (χ0n) is 24.5. The Labute approximate surface area is 263 Å². The number of nitrogens with zero attached hydrogens (tertiary/aromatic N) is 2. The molecular formula is C32H33BrN4O5S. The van der Waals surface area contributed by atoms with Gasteiger partial charge in [-0.1, -0.05) is 52.3 Å². The maximum absolute atomic E-state index is 12.5. The van der Waals surface area contributed by atoms with E-state index in [1.165, 1.54) is 18.0 Å². The third-order valence-electron chi connectivity index (χ3n) is 6.12. The molecule has 0 aliphatic rings. The molecule has 0 saturated carbocycles. The summed E-state index contributed by atoms with van der Waals surface area (Å²) in [5, 5.41) is 12.2. The summed E-state index contributed by atoms with van der Waals surface area (Å²) in [4.78, 5) is 34.0. The second-order valence-electron chi connectivity index (χ2n) is 10.8. The molecule has 0 aliphatic heterocycles. The van der Waals surface area contributed by atoms with Crippen molar-refractivity contribution in [3.8, 4) is 17.1 Å². The summed E-state index contributed by atoms with van der Waals surface area (Å²) in [6.45, 7) is 9.55. The molecule has 1 atom stereocenters. The zero-order valence-corrected chi connectivity index (χ0v) is 26.9. The molecule has 0 saturated heterocycles. The van der Waals surface area contributed by atoms with Gasteiger partial charge in [0.05, 0.1) is 17.8 Å². The van der Waals surface area contributed by atoms with E-state index in [-0.39, 0.29) is 23.9 Å². The summed E-state index contributed by atoms with van der Waals surface area (Å²) in [6.07, 6.45) is -1.16. The summed E-state index contributed by atoms with van der Waals surface area (Å²) in [7, 11) is 0. The van der Waals surface area contributed by atoms with E-state index >= 15 is 0 Å². The number of carboxylic acid groups (broad SMARTS) is 1. The fourth-order valence-electron chi connectivity index (χ4n) is 4.22. The van der Waals surface area contributed by atoms with Crippen molar-refractivity contribution in [3.63, 3.8) is 0 Å². The van der Waals surface area contributed by atoms with Crippen molar-refractivity contribution in [2.24, 2.45) is 0 Å². The molecule has 224 valence electrons. The lowest BCUT2D eigenvalue weighted by atomic mass is 10.00. The van der Waals surface area contributed by atoms with Crippen molar-refractivity contribution in [1.82, 2.24) is 15.3 Å². The van der Waals surface area contributed by atoms with E-state index in [2.05, 4.69) is 31.0 Å². The number of anilines is 1. The van der Waals surface area contributed by atoms with Crippen LogP contribution in [0, 0.1) is 13.8 Å². The second-order valence-corrected chi connectivity index (χ2v) is 12.6. The molecule has 0 spiro atoms. The van der Waals surface area contributed by atoms with E-state index in [0.717, 1.165) is 26.7 Å². The number of aromatic nitrogens is 2. The Morgan fingerprint density at radius 2 is 1.65 bits per heavy atom. The van der Waals surface area contributed by atoms with Gasteiger partial charge in [0.25, 0.3) is 0 Å². The molecule has 1 unspecified atom stereocenters. The van der Waals surface area contributed by atoms with Crippen molar-refractivity contribution in [3.05, 3.63) is 99.5 Å². The van der Waals surface area contributed by atoms with Crippen LogP contribution in [-0.4, -0.2) is 39.3 Å². The van der Waals surface area contributed by atoms with Crippen LogP contribution in [0.4, 0.5) is 10.7 Å². The van der Waals surface area contributed by atoms with Gasteiger partial charge >= 0.3 is 12.1 Å². The fraction of sp³-hybridized carbons (Fsp3) is 0.250. The molecule has 4 rings (SSSR count). The first-order valence-electron chi connectivity index (χ1n) is 13.5. The second kappa shape index (κ2) is 13.9. The number of carboxylic acids is 1. The SMILES string of the molecule is Cc1cccc(C)c1-c1cc(OC(CNC(=O)OC(C)(C)C)c2ccc(Br)cc2)nc(NSc2cccc(C(=O)O)c2)n1. The number of benzene rings is 3. The molecule has 1 aromatic heterocycles. The van der Waals surface area contributed by atoms with E-state index in [1.807, 2.05) is 56.3 Å². The average molecular weight is 666 g/mol.